The molecule has 0 atom stereocenters. The van der Waals surface area contributed by atoms with E-state index in [-0.39, 0.29) is 37.6 Å². The number of amides is 1. The summed E-state index contributed by atoms with van der Waals surface area (Å²) in [5, 5.41) is 8.61. The lowest BCUT2D eigenvalue weighted by molar-refractivity contribution is -0.142. The van der Waals surface area contributed by atoms with Crippen molar-refractivity contribution >= 4 is 16.7 Å². The van der Waals surface area contributed by atoms with Crippen LogP contribution in [0.15, 0.2) is 42.5 Å². The number of ether oxygens (including phenoxy) is 1. The highest BCUT2D eigenvalue weighted by atomic mass is 19.4. The molecule has 1 aliphatic heterocycles. The van der Waals surface area contributed by atoms with Crippen LogP contribution in [0.4, 0.5) is 13.2 Å². The lowest BCUT2D eigenvalue weighted by Gasteiger charge is -2.15. The van der Waals surface area contributed by atoms with Crippen molar-refractivity contribution in [1.82, 2.24) is 15.1 Å². The minimum absolute atomic E-state index is 0.0857. The normalized spacial score (nSPS) is 14.0. The first-order valence-electron chi connectivity index (χ1n) is 9.40. The summed E-state index contributed by atoms with van der Waals surface area (Å²) in [5.74, 6) is -0.179. The number of carbonyl (C=O) groups is 1. The van der Waals surface area contributed by atoms with E-state index in [1.165, 1.54) is 4.68 Å². The second-order valence-electron chi connectivity index (χ2n) is 6.96. The fourth-order valence-corrected chi connectivity index (χ4v) is 3.70. The summed E-state index contributed by atoms with van der Waals surface area (Å²) < 4.78 is 46.1. The van der Waals surface area contributed by atoms with Crippen LogP contribution in [0.1, 0.15) is 22.5 Å². The summed E-state index contributed by atoms with van der Waals surface area (Å²) in [5.41, 5.74) is 0.653. The van der Waals surface area contributed by atoms with Crippen molar-refractivity contribution < 1.29 is 22.7 Å². The van der Waals surface area contributed by atoms with Gasteiger partial charge in [-0.15, -0.1) is 0 Å². The van der Waals surface area contributed by atoms with Crippen LogP contribution in [-0.2, 0) is 41.7 Å². The highest BCUT2D eigenvalue weighted by Gasteiger charge is 2.39. The Kier molecular flexibility index (Phi) is 5.27. The number of nitrogens with zero attached hydrogens (tertiary/aromatic N) is 2. The molecule has 0 spiro atoms. The van der Waals surface area contributed by atoms with E-state index in [1.807, 2.05) is 42.5 Å². The third kappa shape index (κ3) is 4.12. The van der Waals surface area contributed by atoms with Gasteiger partial charge in [-0.25, -0.2) is 0 Å². The number of rotatable bonds is 5. The second-order valence-corrected chi connectivity index (χ2v) is 6.96. The van der Waals surface area contributed by atoms with Gasteiger partial charge in [-0.05, 0) is 16.3 Å². The van der Waals surface area contributed by atoms with Crippen LogP contribution in [0.2, 0.25) is 0 Å². The van der Waals surface area contributed by atoms with E-state index in [9.17, 15) is 18.0 Å². The van der Waals surface area contributed by atoms with E-state index in [1.54, 1.807) is 0 Å². The largest absolute Gasteiger partial charge is 0.435 e. The van der Waals surface area contributed by atoms with E-state index in [4.69, 9.17) is 4.74 Å². The van der Waals surface area contributed by atoms with Crippen LogP contribution < -0.4 is 5.32 Å². The molecule has 0 aliphatic carbocycles. The molecule has 29 heavy (non-hydrogen) atoms. The molecule has 2 aromatic carbocycles. The molecule has 0 fully saturated rings. The number of hydrogen-bond acceptors (Lipinski definition) is 3. The van der Waals surface area contributed by atoms with Gasteiger partial charge in [0.2, 0.25) is 5.91 Å². The maximum Gasteiger partial charge on any atom is 0.435 e. The van der Waals surface area contributed by atoms with Crippen molar-refractivity contribution in [3.63, 3.8) is 0 Å². The minimum atomic E-state index is -4.52. The summed E-state index contributed by atoms with van der Waals surface area (Å²) in [6.45, 7) is 0.663. The van der Waals surface area contributed by atoms with Gasteiger partial charge in [-0.3, -0.25) is 9.48 Å². The Bertz CT molecular complexity index is 1040. The number of hydrogen-bond donors (Lipinski definition) is 1. The molecule has 1 aromatic heterocycles. The summed E-state index contributed by atoms with van der Waals surface area (Å²) in [4.78, 5) is 12.4. The monoisotopic (exact) mass is 403 g/mol. The van der Waals surface area contributed by atoms with Gasteiger partial charge in [-0.2, -0.15) is 18.3 Å². The summed E-state index contributed by atoms with van der Waals surface area (Å²) in [6.07, 6.45) is -3.93. The molecule has 0 unspecified atom stereocenters. The Morgan fingerprint density at radius 3 is 2.79 bits per heavy atom. The third-order valence-electron chi connectivity index (χ3n) is 5.04. The SMILES string of the molecule is O=C(Cc1cccc2ccccc12)NCCn1nc(C(F)(F)F)c2c1CCOC2. The van der Waals surface area contributed by atoms with Crippen molar-refractivity contribution in [1.29, 1.82) is 0 Å². The molecule has 8 heteroatoms. The van der Waals surface area contributed by atoms with E-state index in [0.29, 0.717) is 18.7 Å². The zero-order valence-corrected chi connectivity index (χ0v) is 15.6. The number of halogens is 3. The molecule has 152 valence electrons. The average molecular weight is 403 g/mol. The maximum absolute atomic E-state index is 13.2. The van der Waals surface area contributed by atoms with Gasteiger partial charge in [0, 0.05) is 24.2 Å². The first kappa shape index (κ1) is 19.4. The van der Waals surface area contributed by atoms with Crippen LogP contribution in [0.25, 0.3) is 10.8 Å². The van der Waals surface area contributed by atoms with Gasteiger partial charge in [0.1, 0.15) is 0 Å². The van der Waals surface area contributed by atoms with Crippen molar-refractivity contribution in [2.45, 2.75) is 32.2 Å². The minimum Gasteiger partial charge on any atom is -0.376 e. The molecule has 1 aliphatic rings. The van der Waals surface area contributed by atoms with Gasteiger partial charge in [-0.1, -0.05) is 42.5 Å². The Labute approximate surface area is 165 Å². The fraction of sp³-hybridized carbons (Fsp3) is 0.333. The molecular weight excluding hydrogens is 383 g/mol. The van der Waals surface area contributed by atoms with Gasteiger partial charge < -0.3 is 10.1 Å². The zero-order chi connectivity index (χ0) is 20.4. The van der Waals surface area contributed by atoms with Crippen molar-refractivity contribution in [2.24, 2.45) is 0 Å². The molecule has 1 N–H and O–H groups in total. The highest BCUT2D eigenvalue weighted by Crippen LogP contribution is 2.34. The fourth-order valence-electron chi connectivity index (χ4n) is 3.70. The molecule has 1 amide bonds. The number of benzene rings is 2. The smallest absolute Gasteiger partial charge is 0.376 e. The quantitative estimate of drug-likeness (QED) is 0.710. The third-order valence-corrected chi connectivity index (χ3v) is 5.04. The topological polar surface area (TPSA) is 56.2 Å². The molecule has 5 nitrogen and oxygen atoms in total. The van der Waals surface area contributed by atoms with E-state index < -0.39 is 11.9 Å². The lowest BCUT2D eigenvalue weighted by Crippen LogP contribution is -2.29. The standard InChI is InChI=1S/C21H20F3N3O2/c22-21(23,24)20-17-13-29-11-8-18(17)27(26-20)10-9-25-19(28)12-15-6-3-5-14-4-1-2-7-16(14)15/h1-7H,8-13H2,(H,25,28). The van der Waals surface area contributed by atoms with Crippen LogP contribution in [0.3, 0.4) is 0 Å². The number of aromatic nitrogens is 2. The number of alkyl halides is 3. The Balaban J connectivity index is 1.41. The van der Waals surface area contributed by atoms with Crippen LogP contribution in [0.5, 0.6) is 0 Å². The first-order chi connectivity index (χ1) is 13.9. The Morgan fingerprint density at radius 2 is 1.97 bits per heavy atom. The summed E-state index contributed by atoms with van der Waals surface area (Å²) in [7, 11) is 0. The number of fused-ring (bicyclic) bond motifs is 2. The Hall–Kier alpha value is -2.87. The summed E-state index contributed by atoms with van der Waals surface area (Å²) >= 11 is 0. The van der Waals surface area contributed by atoms with Crippen LogP contribution in [-0.4, -0.2) is 28.8 Å². The maximum atomic E-state index is 13.2. The summed E-state index contributed by atoms with van der Waals surface area (Å²) in [6, 6.07) is 13.6. The first-order valence-corrected chi connectivity index (χ1v) is 9.40. The Morgan fingerprint density at radius 1 is 1.17 bits per heavy atom. The molecular formula is C21H20F3N3O2. The van der Waals surface area contributed by atoms with Gasteiger partial charge in [0.25, 0.3) is 0 Å². The molecule has 0 saturated heterocycles. The predicted octanol–water partition coefficient (Wildman–Crippen LogP) is 3.49. The molecule has 2 heterocycles. The number of carbonyl (C=O) groups excluding carboxylic acids is 1. The van der Waals surface area contributed by atoms with E-state index in [2.05, 4.69) is 10.4 Å². The zero-order valence-electron chi connectivity index (χ0n) is 15.6. The molecule has 3 aromatic rings. The van der Waals surface area contributed by atoms with Gasteiger partial charge >= 0.3 is 6.18 Å². The lowest BCUT2D eigenvalue weighted by atomic mass is 10.0. The van der Waals surface area contributed by atoms with Crippen LogP contribution >= 0.6 is 0 Å². The average Bonchev–Trinajstić information content (AvgIpc) is 3.08. The van der Waals surface area contributed by atoms with Gasteiger partial charge in [0.05, 0.1) is 26.2 Å². The highest BCUT2D eigenvalue weighted by molar-refractivity contribution is 5.90. The molecule has 0 radical (unpaired) electrons. The van der Waals surface area contributed by atoms with E-state index >= 15 is 0 Å². The second kappa shape index (κ2) is 7.87. The molecule has 0 bridgehead atoms. The molecule has 4 rings (SSSR count). The van der Waals surface area contributed by atoms with Crippen molar-refractivity contribution in [2.75, 3.05) is 13.2 Å². The van der Waals surface area contributed by atoms with Gasteiger partial charge in [0.15, 0.2) is 5.69 Å². The van der Waals surface area contributed by atoms with E-state index in [0.717, 1.165) is 16.3 Å². The van der Waals surface area contributed by atoms with Crippen LogP contribution in [0, 0.1) is 0 Å². The predicted molar refractivity (Wildman–Crippen MR) is 101 cm³/mol. The van der Waals surface area contributed by atoms with Crippen molar-refractivity contribution in [3.8, 4) is 0 Å². The number of nitrogens with one attached hydrogen (secondary N) is 1. The van der Waals surface area contributed by atoms with Crippen molar-refractivity contribution in [3.05, 3.63) is 65.0 Å². The molecule has 0 saturated carbocycles.